The first kappa shape index (κ1) is 22.4. The standard InChI is InChI=1S/C24H30N2O3/c1-5-6-15-29-19(3)24(28)26(17-21-11-8-7-9-12-21)18(2)22-13-10-14-23(16-22)25-20(4)27/h5,7-14,16,18-19H,1,6,15,17H2,2-4H3,(H,25,27). The molecule has 0 heterocycles. The summed E-state index contributed by atoms with van der Waals surface area (Å²) in [5.41, 5.74) is 2.70. The van der Waals surface area contributed by atoms with E-state index in [9.17, 15) is 9.59 Å². The molecular formula is C24H30N2O3. The van der Waals surface area contributed by atoms with E-state index in [4.69, 9.17) is 4.74 Å². The summed E-state index contributed by atoms with van der Waals surface area (Å²) < 4.78 is 5.71. The normalized spacial score (nSPS) is 12.7. The van der Waals surface area contributed by atoms with Crippen LogP contribution in [-0.2, 0) is 20.9 Å². The van der Waals surface area contributed by atoms with Gasteiger partial charge >= 0.3 is 0 Å². The second-order valence-corrected chi connectivity index (χ2v) is 7.02. The second kappa shape index (κ2) is 11.2. The summed E-state index contributed by atoms with van der Waals surface area (Å²) in [6.45, 7) is 9.87. The Hall–Kier alpha value is -2.92. The van der Waals surface area contributed by atoms with Gasteiger partial charge in [0.2, 0.25) is 5.91 Å². The highest BCUT2D eigenvalue weighted by Crippen LogP contribution is 2.26. The molecule has 2 aromatic carbocycles. The number of carbonyl (C=O) groups excluding carboxylic acids is 2. The molecule has 0 saturated carbocycles. The topological polar surface area (TPSA) is 58.6 Å². The van der Waals surface area contributed by atoms with Crippen molar-refractivity contribution in [1.82, 2.24) is 4.90 Å². The fourth-order valence-corrected chi connectivity index (χ4v) is 3.08. The molecule has 5 heteroatoms. The van der Waals surface area contributed by atoms with Crippen molar-refractivity contribution in [2.45, 2.75) is 45.9 Å². The minimum atomic E-state index is -0.556. The third-order valence-corrected chi connectivity index (χ3v) is 4.67. The van der Waals surface area contributed by atoms with Gasteiger partial charge in [0, 0.05) is 19.2 Å². The minimum Gasteiger partial charge on any atom is -0.368 e. The molecule has 2 aromatic rings. The number of hydrogen-bond donors (Lipinski definition) is 1. The van der Waals surface area contributed by atoms with E-state index in [0.29, 0.717) is 25.3 Å². The van der Waals surface area contributed by atoms with E-state index < -0.39 is 6.10 Å². The first-order valence-corrected chi connectivity index (χ1v) is 9.86. The van der Waals surface area contributed by atoms with Crippen LogP contribution in [0.3, 0.4) is 0 Å². The van der Waals surface area contributed by atoms with Gasteiger partial charge in [-0.15, -0.1) is 6.58 Å². The highest BCUT2D eigenvalue weighted by atomic mass is 16.5. The first-order valence-electron chi connectivity index (χ1n) is 9.86. The molecule has 5 nitrogen and oxygen atoms in total. The van der Waals surface area contributed by atoms with Crippen LogP contribution in [0.15, 0.2) is 67.3 Å². The fraction of sp³-hybridized carbons (Fsp3) is 0.333. The molecule has 0 aliphatic carbocycles. The van der Waals surface area contributed by atoms with Crippen LogP contribution >= 0.6 is 0 Å². The van der Waals surface area contributed by atoms with Gasteiger partial charge in [-0.1, -0.05) is 48.5 Å². The third-order valence-electron chi connectivity index (χ3n) is 4.67. The van der Waals surface area contributed by atoms with Crippen molar-refractivity contribution in [1.29, 1.82) is 0 Å². The number of hydrogen-bond acceptors (Lipinski definition) is 3. The van der Waals surface area contributed by atoms with Gasteiger partial charge in [0.1, 0.15) is 6.10 Å². The molecule has 154 valence electrons. The zero-order valence-electron chi connectivity index (χ0n) is 17.4. The van der Waals surface area contributed by atoms with Gasteiger partial charge in [-0.2, -0.15) is 0 Å². The third kappa shape index (κ3) is 6.88. The maximum atomic E-state index is 13.2. The summed E-state index contributed by atoms with van der Waals surface area (Å²) in [7, 11) is 0. The molecule has 0 saturated heterocycles. The summed E-state index contributed by atoms with van der Waals surface area (Å²) in [5.74, 6) is -0.202. The number of amides is 2. The molecule has 0 aromatic heterocycles. The highest BCUT2D eigenvalue weighted by Gasteiger charge is 2.26. The van der Waals surface area contributed by atoms with Gasteiger partial charge in [0.25, 0.3) is 5.91 Å². The Kier molecular flexibility index (Phi) is 8.62. The number of nitrogens with zero attached hydrogens (tertiary/aromatic N) is 1. The Morgan fingerprint density at radius 1 is 1.14 bits per heavy atom. The van der Waals surface area contributed by atoms with E-state index in [0.717, 1.165) is 11.1 Å². The van der Waals surface area contributed by atoms with Crippen molar-refractivity contribution in [2.75, 3.05) is 11.9 Å². The Labute approximate surface area is 173 Å². The lowest BCUT2D eigenvalue weighted by atomic mass is 10.0. The Morgan fingerprint density at radius 2 is 1.86 bits per heavy atom. The average molecular weight is 395 g/mol. The Balaban J connectivity index is 2.26. The number of nitrogens with one attached hydrogen (secondary N) is 1. The summed E-state index contributed by atoms with van der Waals surface area (Å²) in [6.07, 6.45) is 1.92. The van der Waals surface area contributed by atoms with Crippen molar-refractivity contribution < 1.29 is 14.3 Å². The van der Waals surface area contributed by atoms with Crippen molar-refractivity contribution in [2.24, 2.45) is 0 Å². The molecule has 29 heavy (non-hydrogen) atoms. The lowest BCUT2D eigenvalue weighted by molar-refractivity contribution is -0.145. The molecule has 2 unspecified atom stereocenters. The van der Waals surface area contributed by atoms with Crippen LogP contribution in [0.1, 0.15) is 44.4 Å². The molecule has 0 bridgehead atoms. The van der Waals surface area contributed by atoms with Crippen LogP contribution in [0.5, 0.6) is 0 Å². The van der Waals surface area contributed by atoms with Crippen LogP contribution in [0.4, 0.5) is 5.69 Å². The molecule has 1 N–H and O–H groups in total. The van der Waals surface area contributed by atoms with E-state index in [1.807, 2.05) is 66.4 Å². The lowest BCUT2D eigenvalue weighted by Crippen LogP contribution is -2.40. The van der Waals surface area contributed by atoms with Gasteiger partial charge in [-0.3, -0.25) is 9.59 Å². The number of carbonyl (C=O) groups is 2. The SMILES string of the molecule is C=CCCOC(C)C(=O)N(Cc1ccccc1)C(C)c1cccc(NC(C)=O)c1. The van der Waals surface area contributed by atoms with Gasteiger partial charge in [0.15, 0.2) is 0 Å². The summed E-state index contributed by atoms with van der Waals surface area (Å²) in [5, 5.41) is 2.80. The van der Waals surface area contributed by atoms with Crippen LogP contribution in [-0.4, -0.2) is 29.4 Å². The van der Waals surface area contributed by atoms with Gasteiger partial charge in [-0.25, -0.2) is 0 Å². The number of anilines is 1. The highest BCUT2D eigenvalue weighted by molar-refractivity contribution is 5.88. The molecular weight excluding hydrogens is 364 g/mol. The summed E-state index contributed by atoms with van der Waals surface area (Å²) >= 11 is 0. The molecule has 0 fully saturated rings. The first-order chi connectivity index (χ1) is 13.9. The fourth-order valence-electron chi connectivity index (χ4n) is 3.08. The van der Waals surface area contributed by atoms with Gasteiger partial charge in [-0.05, 0) is 43.5 Å². The number of ether oxygens (including phenoxy) is 1. The smallest absolute Gasteiger partial charge is 0.252 e. The Morgan fingerprint density at radius 3 is 2.52 bits per heavy atom. The monoisotopic (exact) mass is 394 g/mol. The zero-order valence-corrected chi connectivity index (χ0v) is 17.4. The van der Waals surface area contributed by atoms with Crippen LogP contribution < -0.4 is 5.32 Å². The van der Waals surface area contributed by atoms with E-state index in [1.54, 1.807) is 13.0 Å². The molecule has 0 radical (unpaired) electrons. The molecule has 0 aliphatic heterocycles. The van der Waals surface area contributed by atoms with Crippen molar-refractivity contribution in [3.05, 3.63) is 78.4 Å². The average Bonchev–Trinajstić information content (AvgIpc) is 2.71. The summed E-state index contributed by atoms with van der Waals surface area (Å²) in [6, 6.07) is 17.3. The zero-order chi connectivity index (χ0) is 21.2. The maximum absolute atomic E-state index is 13.2. The predicted molar refractivity (Wildman–Crippen MR) is 116 cm³/mol. The molecule has 0 aliphatic rings. The lowest BCUT2D eigenvalue weighted by Gasteiger charge is -2.32. The van der Waals surface area contributed by atoms with E-state index in [-0.39, 0.29) is 17.9 Å². The second-order valence-electron chi connectivity index (χ2n) is 7.02. The van der Waals surface area contributed by atoms with E-state index >= 15 is 0 Å². The molecule has 2 rings (SSSR count). The van der Waals surface area contributed by atoms with Crippen molar-refractivity contribution in [3.63, 3.8) is 0 Å². The molecule has 2 amide bonds. The van der Waals surface area contributed by atoms with Gasteiger partial charge < -0.3 is 15.0 Å². The van der Waals surface area contributed by atoms with Crippen molar-refractivity contribution >= 4 is 17.5 Å². The van der Waals surface area contributed by atoms with Crippen molar-refractivity contribution in [3.8, 4) is 0 Å². The number of benzene rings is 2. The van der Waals surface area contributed by atoms with E-state index in [2.05, 4.69) is 11.9 Å². The number of rotatable bonds is 10. The minimum absolute atomic E-state index is 0.0738. The van der Waals surface area contributed by atoms with E-state index in [1.165, 1.54) is 6.92 Å². The van der Waals surface area contributed by atoms with Gasteiger partial charge in [0.05, 0.1) is 12.6 Å². The quantitative estimate of drug-likeness (QED) is 0.469. The van der Waals surface area contributed by atoms with Crippen LogP contribution in [0.25, 0.3) is 0 Å². The predicted octanol–water partition coefficient (Wildman–Crippen LogP) is 4.72. The summed E-state index contributed by atoms with van der Waals surface area (Å²) in [4.78, 5) is 26.4. The van der Waals surface area contributed by atoms with Crippen LogP contribution in [0, 0.1) is 0 Å². The Bertz CT molecular complexity index is 820. The molecule has 0 spiro atoms. The molecule has 2 atom stereocenters. The van der Waals surface area contributed by atoms with Crippen LogP contribution in [0.2, 0.25) is 0 Å². The largest absolute Gasteiger partial charge is 0.368 e. The maximum Gasteiger partial charge on any atom is 0.252 e.